The molecular weight excluding hydrogens is 442 g/mol. The van der Waals surface area contributed by atoms with E-state index in [2.05, 4.69) is 16.0 Å². The van der Waals surface area contributed by atoms with Gasteiger partial charge in [0.05, 0.1) is 11.3 Å². The van der Waals surface area contributed by atoms with E-state index in [1.165, 1.54) is 6.08 Å². The van der Waals surface area contributed by atoms with Gasteiger partial charge in [0.2, 0.25) is 5.91 Å². The first-order chi connectivity index (χ1) is 15.5. The Hall–Kier alpha value is -3.48. The molecule has 0 aliphatic rings. The van der Waals surface area contributed by atoms with E-state index in [0.717, 1.165) is 17.5 Å². The lowest BCUT2D eigenvalue weighted by atomic mass is 10.1. The molecule has 0 atom stereocenters. The van der Waals surface area contributed by atoms with Crippen LogP contribution in [0.25, 0.3) is 6.08 Å². The van der Waals surface area contributed by atoms with Crippen LogP contribution in [0.4, 0.5) is 5.69 Å². The van der Waals surface area contributed by atoms with Gasteiger partial charge in [-0.3, -0.25) is 14.9 Å². The second-order valence-electron chi connectivity index (χ2n) is 6.84. The van der Waals surface area contributed by atoms with Gasteiger partial charge in [-0.25, -0.2) is 0 Å². The highest BCUT2D eigenvalue weighted by Gasteiger charge is 2.12. The number of benzene rings is 3. The first-order valence-corrected chi connectivity index (χ1v) is 10.8. The lowest BCUT2D eigenvalue weighted by molar-refractivity contribution is -0.115. The fourth-order valence-electron chi connectivity index (χ4n) is 2.93. The van der Waals surface area contributed by atoms with Gasteiger partial charge in [0, 0.05) is 17.6 Å². The highest BCUT2D eigenvalue weighted by Crippen LogP contribution is 2.16. The van der Waals surface area contributed by atoms with Gasteiger partial charge in [0.25, 0.3) is 5.91 Å². The van der Waals surface area contributed by atoms with Crippen molar-refractivity contribution in [2.75, 3.05) is 11.9 Å². The fourth-order valence-corrected chi connectivity index (χ4v) is 3.34. The van der Waals surface area contributed by atoms with E-state index in [1.807, 2.05) is 42.5 Å². The summed E-state index contributed by atoms with van der Waals surface area (Å²) in [4.78, 5) is 24.8. The van der Waals surface area contributed by atoms with E-state index < -0.39 is 5.91 Å². The molecule has 0 saturated heterocycles. The molecule has 2 amide bonds. The Morgan fingerprint density at radius 3 is 2.38 bits per heavy atom. The average molecular weight is 464 g/mol. The molecule has 5 nitrogen and oxygen atoms in total. The van der Waals surface area contributed by atoms with Crippen molar-refractivity contribution in [1.82, 2.24) is 10.6 Å². The van der Waals surface area contributed by atoms with Gasteiger partial charge < -0.3 is 10.6 Å². The summed E-state index contributed by atoms with van der Waals surface area (Å²) in [7, 11) is 0. The van der Waals surface area contributed by atoms with E-state index in [-0.39, 0.29) is 11.0 Å². The summed E-state index contributed by atoms with van der Waals surface area (Å²) in [5.74, 6) is -0.635. The third-order valence-electron chi connectivity index (χ3n) is 4.52. The Labute approximate surface area is 197 Å². The fraction of sp³-hybridized carbons (Fsp3) is 0.0800. The van der Waals surface area contributed by atoms with E-state index in [1.54, 1.807) is 42.5 Å². The number of rotatable bonds is 7. The lowest BCUT2D eigenvalue weighted by Gasteiger charge is -2.13. The van der Waals surface area contributed by atoms with Gasteiger partial charge >= 0.3 is 0 Å². The number of anilines is 1. The smallest absolute Gasteiger partial charge is 0.253 e. The Bertz CT molecular complexity index is 1130. The van der Waals surface area contributed by atoms with Crippen LogP contribution in [0.3, 0.4) is 0 Å². The third kappa shape index (κ3) is 7.04. The van der Waals surface area contributed by atoms with E-state index in [4.69, 9.17) is 23.8 Å². The minimum atomic E-state index is -0.410. The number of halogens is 1. The molecule has 3 aromatic rings. The largest absolute Gasteiger partial charge is 0.352 e. The summed E-state index contributed by atoms with van der Waals surface area (Å²) in [6, 6.07) is 24.1. The maximum Gasteiger partial charge on any atom is 0.253 e. The summed E-state index contributed by atoms with van der Waals surface area (Å²) < 4.78 is 0. The van der Waals surface area contributed by atoms with Gasteiger partial charge in [-0.05, 0) is 54.0 Å². The maximum absolute atomic E-state index is 12.6. The summed E-state index contributed by atoms with van der Waals surface area (Å²) in [5.41, 5.74) is 2.81. The van der Waals surface area contributed by atoms with Crippen LogP contribution in [-0.2, 0) is 11.2 Å². The monoisotopic (exact) mass is 463 g/mol. The van der Waals surface area contributed by atoms with Crippen molar-refractivity contribution in [2.24, 2.45) is 0 Å². The first kappa shape index (κ1) is 23.2. The molecule has 7 heteroatoms. The molecule has 0 aromatic heterocycles. The van der Waals surface area contributed by atoms with E-state index in [0.29, 0.717) is 22.8 Å². The second-order valence-corrected chi connectivity index (χ2v) is 7.65. The second kappa shape index (κ2) is 11.8. The number of carbonyl (C=O) groups is 2. The summed E-state index contributed by atoms with van der Waals surface area (Å²) in [6.07, 6.45) is 3.68. The van der Waals surface area contributed by atoms with Gasteiger partial charge in [-0.1, -0.05) is 72.3 Å². The highest BCUT2D eigenvalue weighted by molar-refractivity contribution is 7.80. The molecule has 3 rings (SSSR count). The first-order valence-electron chi connectivity index (χ1n) is 9.98. The van der Waals surface area contributed by atoms with Crippen molar-refractivity contribution < 1.29 is 9.59 Å². The van der Waals surface area contributed by atoms with Gasteiger partial charge in [0.15, 0.2) is 5.11 Å². The Balaban J connectivity index is 1.55. The van der Waals surface area contributed by atoms with Crippen LogP contribution in [0.15, 0.2) is 84.9 Å². The van der Waals surface area contributed by atoms with Crippen molar-refractivity contribution in [1.29, 1.82) is 0 Å². The van der Waals surface area contributed by atoms with E-state index in [9.17, 15) is 9.59 Å². The normalized spacial score (nSPS) is 10.5. The molecule has 0 spiro atoms. The van der Waals surface area contributed by atoms with Crippen molar-refractivity contribution in [3.05, 3.63) is 107 Å². The summed E-state index contributed by atoms with van der Waals surface area (Å²) in [6.45, 7) is 0.505. The number of nitrogens with one attached hydrogen (secondary N) is 3. The molecule has 0 aliphatic heterocycles. The number of hydrogen-bond acceptors (Lipinski definition) is 3. The quantitative estimate of drug-likeness (QED) is 0.346. The molecule has 3 aromatic carbocycles. The zero-order valence-corrected chi connectivity index (χ0v) is 18.7. The van der Waals surface area contributed by atoms with Crippen LogP contribution in [-0.4, -0.2) is 23.5 Å². The Kier molecular flexibility index (Phi) is 8.54. The topological polar surface area (TPSA) is 70.2 Å². The molecule has 0 radical (unpaired) electrons. The average Bonchev–Trinajstić information content (AvgIpc) is 2.79. The van der Waals surface area contributed by atoms with Crippen LogP contribution < -0.4 is 16.0 Å². The van der Waals surface area contributed by atoms with Crippen molar-refractivity contribution in [2.45, 2.75) is 6.42 Å². The predicted octanol–water partition coefficient (Wildman–Crippen LogP) is 4.84. The zero-order chi connectivity index (χ0) is 22.8. The van der Waals surface area contributed by atoms with Gasteiger partial charge in [-0.2, -0.15) is 0 Å². The number of para-hydroxylation sites is 1. The Morgan fingerprint density at radius 1 is 0.906 bits per heavy atom. The molecule has 0 fully saturated rings. The molecule has 0 bridgehead atoms. The molecule has 32 heavy (non-hydrogen) atoms. The molecule has 162 valence electrons. The summed E-state index contributed by atoms with van der Waals surface area (Å²) in [5, 5.41) is 9.03. The highest BCUT2D eigenvalue weighted by atomic mass is 35.5. The van der Waals surface area contributed by atoms with E-state index >= 15 is 0 Å². The van der Waals surface area contributed by atoms with Gasteiger partial charge in [-0.15, -0.1) is 0 Å². The third-order valence-corrected chi connectivity index (χ3v) is 5.07. The molecule has 3 N–H and O–H groups in total. The van der Waals surface area contributed by atoms with Crippen LogP contribution in [0.1, 0.15) is 21.5 Å². The standard InChI is InChI=1S/C25H22ClN3O2S/c26-21-12-6-4-10-19(21)14-15-23(30)29-25(32)28-22-13-7-5-11-20(22)24(31)27-17-16-18-8-2-1-3-9-18/h1-15H,16-17H2,(H,27,31)(H2,28,29,30,32). The summed E-state index contributed by atoms with van der Waals surface area (Å²) >= 11 is 11.3. The SMILES string of the molecule is O=C(C=Cc1ccccc1Cl)NC(=S)Nc1ccccc1C(=O)NCCc1ccccc1. The van der Waals surface area contributed by atoms with Crippen LogP contribution in [0, 0.1) is 0 Å². The maximum atomic E-state index is 12.6. The Morgan fingerprint density at radius 2 is 1.59 bits per heavy atom. The lowest BCUT2D eigenvalue weighted by Crippen LogP contribution is -2.34. The van der Waals surface area contributed by atoms with Crippen LogP contribution in [0.2, 0.25) is 5.02 Å². The van der Waals surface area contributed by atoms with Crippen molar-refractivity contribution >= 4 is 52.5 Å². The molecule has 0 saturated carbocycles. The van der Waals surface area contributed by atoms with Gasteiger partial charge in [0.1, 0.15) is 0 Å². The minimum absolute atomic E-state index is 0.0864. The predicted molar refractivity (Wildman–Crippen MR) is 134 cm³/mol. The zero-order valence-electron chi connectivity index (χ0n) is 17.2. The van der Waals surface area contributed by atoms with Crippen LogP contribution in [0.5, 0.6) is 0 Å². The number of amides is 2. The van der Waals surface area contributed by atoms with Crippen molar-refractivity contribution in [3.63, 3.8) is 0 Å². The number of carbonyl (C=O) groups excluding carboxylic acids is 2. The number of hydrogen-bond donors (Lipinski definition) is 3. The molecular formula is C25H22ClN3O2S. The molecule has 0 unspecified atom stereocenters. The number of thiocarbonyl (C=S) groups is 1. The van der Waals surface area contributed by atoms with Crippen LogP contribution >= 0.6 is 23.8 Å². The van der Waals surface area contributed by atoms with Crippen molar-refractivity contribution in [3.8, 4) is 0 Å². The minimum Gasteiger partial charge on any atom is -0.352 e. The molecule has 0 heterocycles. The molecule has 0 aliphatic carbocycles.